The van der Waals surface area contributed by atoms with Crippen molar-refractivity contribution in [3.8, 4) is 0 Å². The monoisotopic (exact) mass is 341 g/mol. The molecule has 132 valence electrons. The first kappa shape index (κ1) is 21.5. The summed E-state index contributed by atoms with van der Waals surface area (Å²) in [6, 6.07) is 0. The van der Waals surface area contributed by atoms with Gasteiger partial charge < -0.3 is 20.5 Å². The zero-order valence-electron chi connectivity index (χ0n) is 13.4. The van der Waals surface area contributed by atoms with Crippen LogP contribution in [-0.4, -0.2) is 46.4 Å². The van der Waals surface area contributed by atoms with Gasteiger partial charge in [0.15, 0.2) is 0 Å². The van der Waals surface area contributed by atoms with Crippen molar-refractivity contribution in [1.82, 2.24) is 0 Å². The number of nitrogens with two attached hydrogens (primary N) is 1. The minimum absolute atomic E-state index is 0.0164. The number of hydrogen-bond donors (Lipinski definition) is 4. The van der Waals surface area contributed by atoms with E-state index in [1.165, 1.54) is 0 Å². The van der Waals surface area contributed by atoms with Crippen LogP contribution in [0.2, 0.25) is 0 Å². The lowest BCUT2D eigenvalue weighted by Gasteiger charge is -2.38. The average molecular weight is 341 g/mol. The minimum Gasteiger partial charge on any atom is -0.393 e. The standard InChI is InChI=1S/C13H28NO7P/c1-12(2,3)13(17,9-15)10-20-22(18,19)21-11(16)7-5-4-6-8-14/h15,17H,4-10,14H2,1-3H3,(H,18,19). The fourth-order valence-electron chi connectivity index (χ4n) is 1.48. The summed E-state index contributed by atoms with van der Waals surface area (Å²) >= 11 is 0. The lowest BCUT2D eigenvalue weighted by atomic mass is 9.77. The maximum atomic E-state index is 11.7. The Kier molecular flexibility index (Phi) is 8.75. The van der Waals surface area contributed by atoms with Crippen molar-refractivity contribution in [2.24, 2.45) is 11.1 Å². The van der Waals surface area contributed by atoms with Crippen molar-refractivity contribution >= 4 is 13.8 Å². The Morgan fingerprint density at radius 3 is 2.27 bits per heavy atom. The van der Waals surface area contributed by atoms with Gasteiger partial charge in [-0.05, 0) is 24.8 Å². The third kappa shape index (κ3) is 7.67. The molecule has 0 aromatic heterocycles. The Balaban J connectivity index is 4.40. The zero-order chi connectivity index (χ0) is 17.4. The molecule has 0 fully saturated rings. The molecule has 8 nitrogen and oxygen atoms in total. The smallest absolute Gasteiger partial charge is 0.393 e. The Bertz CT molecular complexity index is 396. The molecule has 0 bridgehead atoms. The van der Waals surface area contributed by atoms with E-state index >= 15 is 0 Å². The molecule has 2 unspecified atom stereocenters. The van der Waals surface area contributed by atoms with Gasteiger partial charge in [0, 0.05) is 6.42 Å². The van der Waals surface area contributed by atoms with Crippen LogP contribution in [-0.2, 0) is 18.4 Å². The first-order valence-electron chi connectivity index (χ1n) is 7.20. The fourth-order valence-corrected chi connectivity index (χ4v) is 2.26. The normalized spacial score (nSPS) is 17.6. The molecule has 0 rings (SSSR count). The van der Waals surface area contributed by atoms with E-state index in [0.29, 0.717) is 13.0 Å². The third-order valence-corrected chi connectivity index (χ3v) is 4.32. The van der Waals surface area contributed by atoms with Gasteiger partial charge in [0.1, 0.15) is 5.60 Å². The molecular formula is C13H28NO7P. The number of phosphoric ester groups is 1. The van der Waals surface area contributed by atoms with Gasteiger partial charge in [-0.25, -0.2) is 4.57 Å². The highest BCUT2D eigenvalue weighted by Crippen LogP contribution is 2.46. The molecule has 0 amide bonds. The molecule has 0 radical (unpaired) electrons. The van der Waals surface area contributed by atoms with Gasteiger partial charge in [-0.1, -0.05) is 27.2 Å². The summed E-state index contributed by atoms with van der Waals surface area (Å²) in [5.41, 5.74) is 2.78. The summed E-state index contributed by atoms with van der Waals surface area (Å²) in [5, 5.41) is 19.4. The van der Waals surface area contributed by atoms with Gasteiger partial charge in [-0.2, -0.15) is 0 Å². The van der Waals surface area contributed by atoms with Crippen LogP contribution in [0.1, 0.15) is 46.5 Å². The Morgan fingerprint density at radius 1 is 1.23 bits per heavy atom. The molecule has 22 heavy (non-hydrogen) atoms. The number of hydrogen-bond acceptors (Lipinski definition) is 7. The second-order valence-corrected chi connectivity index (χ2v) is 7.62. The topological polar surface area (TPSA) is 139 Å². The van der Waals surface area contributed by atoms with Crippen LogP contribution in [0.3, 0.4) is 0 Å². The molecule has 0 aliphatic carbocycles. The van der Waals surface area contributed by atoms with Crippen LogP contribution in [0.25, 0.3) is 0 Å². The Hall–Kier alpha value is -0.500. The molecular weight excluding hydrogens is 313 g/mol. The molecule has 2 atom stereocenters. The van der Waals surface area contributed by atoms with E-state index in [0.717, 1.165) is 12.8 Å². The predicted molar refractivity (Wildman–Crippen MR) is 80.9 cm³/mol. The van der Waals surface area contributed by atoms with Crippen LogP contribution in [0, 0.1) is 5.41 Å². The van der Waals surface area contributed by atoms with E-state index in [-0.39, 0.29) is 6.42 Å². The van der Waals surface area contributed by atoms with Crippen LogP contribution in [0.15, 0.2) is 0 Å². The van der Waals surface area contributed by atoms with E-state index in [9.17, 15) is 24.5 Å². The van der Waals surface area contributed by atoms with Crippen molar-refractivity contribution in [3.63, 3.8) is 0 Å². The predicted octanol–water partition coefficient (Wildman–Crippen LogP) is 0.935. The average Bonchev–Trinajstić information content (AvgIpc) is 2.39. The third-order valence-electron chi connectivity index (χ3n) is 3.43. The Morgan fingerprint density at radius 2 is 1.82 bits per heavy atom. The van der Waals surface area contributed by atoms with Crippen molar-refractivity contribution in [2.75, 3.05) is 19.8 Å². The molecule has 0 saturated carbocycles. The van der Waals surface area contributed by atoms with Crippen LogP contribution >= 0.6 is 7.82 Å². The fraction of sp³-hybridized carbons (Fsp3) is 0.923. The van der Waals surface area contributed by atoms with E-state index in [1.807, 2.05) is 0 Å². The SMILES string of the molecule is CC(C)(C)C(O)(CO)COP(=O)(O)OC(=O)CCCCCN. The van der Waals surface area contributed by atoms with Gasteiger partial charge in [-0.3, -0.25) is 14.2 Å². The first-order chi connectivity index (χ1) is 9.97. The number of carbonyl (C=O) groups excluding carboxylic acids is 1. The summed E-state index contributed by atoms with van der Waals surface area (Å²) in [7, 11) is -4.63. The quantitative estimate of drug-likeness (QED) is 0.340. The number of rotatable bonds is 10. The summed E-state index contributed by atoms with van der Waals surface area (Å²) in [6.45, 7) is 4.13. The lowest BCUT2D eigenvalue weighted by Crippen LogP contribution is -2.50. The van der Waals surface area contributed by atoms with E-state index in [1.54, 1.807) is 20.8 Å². The van der Waals surface area contributed by atoms with Gasteiger partial charge >= 0.3 is 13.8 Å². The van der Waals surface area contributed by atoms with E-state index < -0.39 is 38.0 Å². The summed E-state index contributed by atoms with van der Waals surface area (Å²) in [6.07, 6.45) is 1.96. The van der Waals surface area contributed by atoms with Crippen LogP contribution in [0.4, 0.5) is 0 Å². The molecule has 5 N–H and O–H groups in total. The lowest BCUT2D eigenvalue weighted by molar-refractivity contribution is -0.139. The molecule has 0 heterocycles. The van der Waals surface area contributed by atoms with Crippen molar-refractivity contribution < 1.29 is 33.5 Å². The molecule has 0 spiro atoms. The molecule has 0 aromatic carbocycles. The molecule has 0 saturated heterocycles. The molecule has 0 aromatic rings. The number of aliphatic hydroxyl groups is 2. The molecule has 0 aliphatic rings. The maximum absolute atomic E-state index is 11.7. The minimum atomic E-state index is -4.63. The number of carbonyl (C=O) groups is 1. The summed E-state index contributed by atoms with van der Waals surface area (Å²) in [4.78, 5) is 20.9. The van der Waals surface area contributed by atoms with E-state index in [2.05, 4.69) is 9.05 Å². The van der Waals surface area contributed by atoms with Gasteiger partial charge in [0.25, 0.3) is 0 Å². The number of aliphatic hydroxyl groups excluding tert-OH is 1. The van der Waals surface area contributed by atoms with Gasteiger partial charge in [0.2, 0.25) is 0 Å². The first-order valence-corrected chi connectivity index (χ1v) is 8.70. The van der Waals surface area contributed by atoms with Crippen molar-refractivity contribution in [1.29, 1.82) is 0 Å². The van der Waals surface area contributed by atoms with Crippen molar-refractivity contribution in [2.45, 2.75) is 52.1 Å². The summed E-state index contributed by atoms with van der Waals surface area (Å²) < 4.78 is 20.7. The zero-order valence-corrected chi connectivity index (χ0v) is 14.3. The van der Waals surface area contributed by atoms with Gasteiger partial charge in [-0.15, -0.1) is 0 Å². The van der Waals surface area contributed by atoms with Crippen LogP contribution in [0.5, 0.6) is 0 Å². The highest BCUT2D eigenvalue weighted by atomic mass is 31.2. The number of unbranched alkanes of at least 4 members (excludes halogenated alkanes) is 2. The second kappa shape index (κ2) is 8.96. The maximum Gasteiger partial charge on any atom is 0.529 e. The molecule has 0 aliphatic heterocycles. The van der Waals surface area contributed by atoms with Crippen molar-refractivity contribution in [3.05, 3.63) is 0 Å². The summed E-state index contributed by atoms with van der Waals surface area (Å²) in [5.74, 6) is -0.855. The van der Waals surface area contributed by atoms with E-state index in [4.69, 9.17) is 5.73 Å². The molecule has 9 heteroatoms. The second-order valence-electron chi connectivity index (χ2n) is 6.24. The van der Waals surface area contributed by atoms with Crippen LogP contribution < -0.4 is 5.73 Å². The van der Waals surface area contributed by atoms with Gasteiger partial charge in [0.05, 0.1) is 13.2 Å². The largest absolute Gasteiger partial charge is 0.529 e. The highest BCUT2D eigenvalue weighted by molar-refractivity contribution is 7.48. The highest BCUT2D eigenvalue weighted by Gasteiger charge is 2.42. The number of phosphoric acid groups is 1. The Labute approximate surface area is 131 Å².